The van der Waals surface area contributed by atoms with Crippen molar-refractivity contribution >= 4 is 17.6 Å². The summed E-state index contributed by atoms with van der Waals surface area (Å²) < 4.78 is 46.5. The number of carbonyl (C=O) groups is 2. The number of halogens is 3. The maximum atomic E-state index is 12.5. The van der Waals surface area contributed by atoms with Crippen LogP contribution in [0.5, 0.6) is 5.75 Å². The van der Waals surface area contributed by atoms with E-state index in [1.165, 1.54) is 0 Å². The highest BCUT2D eigenvalue weighted by molar-refractivity contribution is 5.98. The van der Waals surface area contributed by atoms with Gasteiger partial charge in [-0.15, -0.1) is 13.2 Å². The molecular formula is C15H17F3N2O5. The summed E-state index contributed by atoms with van der Waals surface area (Å²) in [6.07, 6.45) is -4.97. The Morgan fingerprint density at radius 2 is 1.96 bits per heavy atom. The summed E-state index contributed by atoms with van der Waals surface area (Å²) in [7, 11) is 0. The molecule has 0 aromatic heterocycles. The zero-order chi connectivity index (χ0) is 18.6. The van der Waals surface area contributed by atoms with Crippen LogP contribution >= 0.6 is 0 Å². The number of carboxylic acids is 1. The van der Waals surface area contributed by atoms with E-state index in [2.05, 4.69) is 10.1 Å². The van der Waals surface area contributed by atoms with Gasteiger partial charge in [0.2, 0.25) is 5.91 Å². The molecule has 2 rings (SSSR count). The summed E-state index contributed by atoms with van der Waals surface area (Å²) in [4.78, 5) is 25.2. The predicted molar refractivity (Wildman–Crippen MR) is 80.6 cm³/mol. The Morgan fingerprint density at radius 3 is 2.52 bits per heavy atom. The van der Waals surface area contributed by atoms with Gasteiger partial charge in [-0.05, 0) is 25.1 Å². The molecule has 7 nitrogen and oxygen atoms in total. The molecule has 1 saturated heterocycles. The summed E-state index contributed by atoms with van der Waals surface area (Å²) in [5, 5.41) is 11.3. The molecule has 0 aliphatic carbocycles. The number of alkyl halides is 3. The highest BCUT2D eigenvalue weighted by atomic mass is 19.4. The number of ether oxygens (including phenoxy) is 2. The standard InChI is InChI=1S/C15H17F3N2O5/c1-9(20-4-6-24-7-5-20)13(21)19-11-8-10(14(22)23)2-3-12(11)25-15(16,17)18/h2-3,8-9H,4-7H2,1H3,(H,19,21)(H,22,23). The van der Waals surface area contributed by atoms with Gasteiger partial charge in [0, 0.05) is 13.1 Å². The van der Waals surface area contributed by atoms with Crippen LogP contribution in [0.25, 0.3) is 0 Å². The first-order valence-electron chi connectivity index (χ1n) is 7.43. The van der Waals surface area contributed by atoms with Gasteiger partial charge in [-0.25, -0.2) is 4.79 Å². The number of anilines is 1. The molecule has 1 heterocycles. The topological polar surface area (TPSA) is 88.1 Å². The summed E-state index contributed by atoms with van der Waals surface area (Å²) in [6.45, 7) is 3.53. The van der Waals surface area contributed by atoms with Crippen molar-refractivity contribution in [2.24, 2.45) is 0 Å². The molecule has 1 aliphatic heterocycles. The first kappa shape index (κ1) is 19.0. The number of carboxylic acid groups (broad SMARTS) is 1. The molecule has 1 unspecified atom stereocenters. The van der Waals surface area contributed by atoms with Crippen molar-refractivity contribution in [3.63, 3.8) is 0 Å². The lowest BCUT2D eigenvalue weighted by molar-refractivity contribution is -0.274. The molecular weight excluding hydrogens is 345 g/mol. The van der Waals surface area contributed by atoms with E-state index in [-0.39, 0.29) is 11.3 Å². The van der Waals surface area contributed by atoms with Gasteiger partial charge in [0.15, 0.2) is 5.75 Å². The minimum atomic E-state index is -4.97. The van der Waals surface area contributed by atoms with Gasteiger partial charge in [-0.3, -0.25) is 9.69 Å². The Hall–Kier alpha value is -2.33. The van der Waals surface area contributed by atoms with Crippen molar-refractivity contribution in [2.45, 2.75) is 19.3 Å². The van der Waals surface area contributed by atoms with Crippen molar-refractivity contribution in [3.8, 4) is 5.75 Å². The number of amides is 1. The van der Waals surface area contributed by atoms with Crippen molar-refractivity contribution in [1.29, 1.82) is 0 Å². The predicted octanol–water partition coefficient (Wildman–Crippen LogP) is 1.94. The fourth-order valence-electron chi connectivity index (χ4n) is 2.34. The van der Waals surface area contributed by atoms with Gasteiger partial charge in [-0.1, -0.05) is 0 Å². The monoisotopic (exact) mass is 362 g/mol. The van der Waals surface area contributed by atoms with Crippen LogP contribution in [0.4, 0.5) is 18.9 Å². The number of hydrogen-bond acceptors (Lipinski definition) is 5. The van der Waals surface area contributed by atoms with E-state index in [1.54, 1.807) is 6.92 Å². The van der Waals surface area contributed by atoms with Crippen LogP contribution < -0.4 is 10.1 Å². The van der Waals surface area contributed by atoms with Crippen molar-refractivity contribution < 1.29 is 37.3 Å². The molecule has 0 radical (unpaired) electrons. The number of benzene rings is 1. The van der Waals surface area contributed by atoms with Gasteiger partial charge in [0.25, 0.3) is 0 Å². The summed E-state index contributed by atoms with van der Waals surface area (Å²) in [5.41, 5.74) is -0.633. The zero-order valence-electron chi connectivity index (χ0n) is 13.3. The number of carbonyl (C=O) groups excluding carboxylic acids is 1. The smallest absolute Gasteiger partial charge is 0.478 e. The number of nitrogens with zero attached hydrogens (tertiary/aromatic N) is 1. The van der Waals surface area contributed by atoms with E-state index in [9.17, 15) is 22.8 Å². The number of hydrogen-bond donors (Lipinski definition) is 2. The van der Waals surface area contributed by atoms with Crippen LogP contribution in [-0.4, -0.2) is 60.6 Å². The minimum Gasteiger partial charge on any atom is -0.478 e. The van der Waals surface area contributed by atoms with Crippen LogP contribution in [0.1, 0.15) is 17.3 Å². The van der Waals surface area contributed by atoms with Crippen LogP contribution in [0.3, 0.4) is 0 Å². The second-order valence-electron chi connectivity index (χ2n) is 5.38. The molecule has 138 valence electrons. The minimum absolute atomic E-state index is 0.274. The highest BCUT2D eigenvalue weighted by Gasteiger charge is 2.33. The van der Waals surface area contributed by atoms with E-state index in [4.69, 9.17) is 9.84 Å². The summed E-state index contributed by atoms with van der Waals surface area (Å²) >= 11 is 0. The van der Waals surface area contributed by atoms with E-state index >= 15 is 0 Å². The van der Waals surface area contributed by atoms with E-state index in [0.29, 0.717) is 26.3 Å². The maximum absolute atomic E-state index is 12.5. The number of nitrogens with one attached hydrogen (secondary N) is 1. The number of rotatable bonds is 5. The third-order valence-electron chi connectivity index (χ3n) is 3.68. The Labute approximate surface area is 141 Å². The van der Waals surface area contributed by atoms with Crippen LogP contribution in [0, 0.1) is 0 Å². The fraction of sp³-hybridized carbons (Fsp3) is 0.467. The summed E-state index contributed by atoms with van der Waals surface area (Å²) in [5.74, 6) is -2.59. The lowest BCUT2D eigenvalue weighted by Crippen LogP contribution is -2.47. The lowest BCUT2D eigenvalue weighted by atomic mass is 10.1. The van der Waals surface area contributed by atoms with E-state index in [0.717, 1.165) is 18.2 Å². The van der Waals surface area contributed by atoms with E-state index in [1.807, 2.05) is 4.90 Å². The SMILES string of the molecule is CC(C(=O)Nc1cc(C(=O)O)ccc1OC(F)(F)F)N1CCOCC1. The molecule has 0 spiro atoms. The largest absolute Gasteiger partial charge is 0.573 e. The van der Waals surface area contributed by atoms with Crippen molar-refractivity contribution in [1.82, 2.24) is 4.90 Å². The molecule has 1 atom stereocenters. The maximum Gasteiger partial charge on any atom is 0.573 e. The second kappa shape index (κ2) is 7.70. The Kier molecular flexibility index (Phi) is 5.85. The third kappa shape index (κ3) is 5.33. The molecule has 0 bridgehead atoms. The van der Waals surface area contributed by atoms with Crippen LogP contribution in [-0.2, 0) is 9.53 Å². The molecule has 1 aromatic carbocycles. The molecule has 1 aromatic rings. The lowest BCUT2D eigenvalue weighted by Gasteiger charge is -2.31. The first-order chi connectivity index (χ1) is 11.7. The van der Waals surface area contributed by atoms with Crippen molar-refractivity contribution in [2.75, 3.05) is 31.6 Å². The highest BCUT2D eigenvalue weighted by Crippen LogP contribution is 2.31. The molecule has 25 heavy (non-hydrogen) atoms. The van der Waals surface area contributed by atoms with Crippen molar-refractivity contribution in [3.05, 3.63) is 23.8 Å². The van der Waals surface area contributed by atoms with Crippen LogP contribution in [0.15, 0.2) is 18.2 Å². The van der Waals surface area contributed by atoms with Gasteiger partial charge in [0.05, 0.1) is 30.5 Å². The molecule has 1 fully saturated rings. The van der Waals surface area contributed by atoms with Gasteiger partial charge < -0.3 is 19.9 Å². The number of morpholine rings is 1. The Morgan fingerprint density at radius 1 is 1.32 bits per heavy atom. The molecule has 0 saturated carbocycles. The Bertz CT molecular complexity index is 645. The number of aromatic carboxylic acids is 1. The average molecular weight is 362 g/mol. The van der Waals surface area contributed by atoms with E-state index < -0.39 is 30.0 Å². The quantitative estimate of drug-likeness (QED) is 0.832. The fourth-order valence-corrected chi connectivity index (χ4v) is 2.34. The summed E-state index contributed by atoms with van der Waals surface area (Å²) in [6, 6.07) is 2.11. The molecule has 10 heteroatoms. The molecule has 1 amide bonds. The van der Waals surface area contributed by atoms with Gasteiger partial charge in [-0.2, -0.15) is 0 Å². The second-order valence-corrected chi connectivity index (χ2v) is 5.38. The van der Waals surface area contributed by atoms with Crippen LogP contribution in [0.2, 0.25) is 0 Å². The first-order valence-corrected chi connectivity index (χ1v) is 7.43. The normalized spacial score (nSPS) is 17.0. The van der Waals surface area contributed by atoms with Gasteiger partial charge >= 0.3 is 12.3 Å². The van der Waals surface area contributed by atoms with Gasteiger partial charge in [0.1, 0.15) is 0 Å². The molecule has 2 N–H and O–H groups in total. The zero-order valence-corrected chi connectivity index (χ0v) is 13.3. The Balaban J connectivity index is 2.20. The average Bonchev–Trinajstić information content (AvgIpc) is 2.55. The molecule has 1 aliphatic rings. The third-order valence-corrected chi connectivity index (χ3v) is 3.68.